The minimum absolute atomic E-state index is 0.0893. The number of aromatic nitrogens is 2. The van der Waals surface area contributed by atoms with Gasteiger partial charge >= 0.3 is 0 Å². The summed E-state index contributed by atoms with van der Waals surface area (Å²) in [7, 11) is -4.07. The molecule has 2 aromatic heterocycles. The molecule has 37 heavy (non-hydrogen) atoms. The zero-order valence-electron chi connectivity index (χ0n) is 21.1. The standard InChI is InChI=1S/C24H29N5O7S/c1-16-21(22(30)25-15-18-8-7-13-35-18)26-28(24(2,3)4)23(16)36-19-10-9-17(29(31)32)14-20(19)37(33,34)27-11-5-6-12-27/h7-10,13-14H,5-6,11-12,15H2,1-4H3,(H,25,30). The van der Waals surface area contributed by atoms with Crippen LogP contribution < -0.4 is 10.1 Å². The van der Waals surface area contributed by atoms with Crippen molar-refractivity contribution in [1.82, 2.24) is 19.4 Å². The number of rotatable bonds is 8. The molecule has 13 heteroatoms. The van der Waals surface area contributed by atoms with E-state index in [0.29, 0.717) is 37.3 Å². The highest BCUT2D eigenvalue weighted by Gasteiger charge is 2.34. The van der Waals surface area contributed by atoms with E-state index < -0.39 is 26.4 Å². The molecule has 198 valence electrons. The highest BCUT2D eigenvalue weighted by molar-refractivity contribution is 7.89. The van der Waals surface area contributed by atoms with E-state index in [1.54, 1.807) is 19.1 Å². The number of benzene rings is 1. The molecule has 3 aromatic rings. The number of hydrogen-bond donors (Lipinski definition) is 1. The van der Waals surface area contributed by atoms with Crippen molar-refractivity contribution in [2.75, 3.05) is 13.1 Å². The number of carbonyl (C=O) groups excluding carboxylic acids is 1. The first kappa shape index (κ1) is 26.4. The first-order valence-electron chi connectivity index (χ1n) is 11.8. The highest BCUT2D eigenvalue weighted by atomic mass is 32.2. The van der Waals surface area contributed by atoms with Crippen LogP contribution in [0.15, 0.2) is 45.9 Å². The Morgan fingerprint density at radius 3 is 2.54 bits per heavy atom. The fraction of sp³-hybridized carbons (Fsp3) is 0.417. The lowest BCUT2D eigenvalue weighted by Gasteiger charge is -2.23. The van der Waals surface area contributed by atoms with E-state index in [0.717, 1.165) is 6.07 Å². The molecule has 1 amide bonds. The molecule has 1 aromatic carbocycles. The summed E-state index contributed by atoms with van der Waals surface area (Å²) < 4.78 is 41.0. The SMILES string of the molecule is Cc1c(C(=O)NCc2ccco2)nn(C(C)(C)C)c1Oc1ccc([N+](=O)[O-])cc1S(=O)(=O)N1CCCC1. The third-order valence-electron chi connectivity index (χ3n) is 5.95. The van der Waals surface area contributed by atoms with E-state index in [-0.39, 0.29) is 34.5 Å². The fourth-order valence-electron chi connectivity index (χ4n) is 4.00. The van der Waals surface area contributed by atoms with Gasteiger partial charge in [-0.1, -0.05) is 0 Å². The molecule has 0 atom stereocenters. The highest BCUT2D eigenvalue weighted by Crippen LogP contribution is 2.38. The van der Waals surface area contributed by atoms with E-state index in [2.05, 4.69) is 10.4 Å². The Hall–Kier alpha value is -3.71. The topological polar surface area (TPSA) is 150 Å². The second kappa shape index (κ2) is 9.98. The average Bonchev–Trinajstić information content (AvgIpc) is 3.60. The van der Waals surface area contributed by atoms with Crippen molar-refractivity contribution in [3.63, 3.8) is 0 Å². The molecule has 4 rings (SSSR count). The Morgan fingerprint density at radius 1 is 1.24 bits per heavy atom. The number of carbonyl (C=O) groups is 1. The molecule has 0 unspecified atom stereocenters. The van der Waals surface area contributed by atoms with Crippen molar-refractivity contribution in [3.8, 4) is 11.6 Å². The van der Waals surface area contributed by atoms with Gasteiger partial charge in [0.15, 0.2) is 5.69 Å². The van der Waals surface area contributed by atoms with Crippen LogP contribution in [0.2, 0.25) is 0 Å². The van der Waals surface area contributed by atoms with Crippen LogP contribution in [-0.2, 0) is 22.1 Å². The van der Waals surface area contributed by atoms with Crippen molar-refractivity contribution >= 4 is 21.6 Å². The molecule has 1 aliphatic rings. The maximum Gasteiger partial charge on any atom is 0.272 e. The van der Waals surface area contributed by atoms with Gasteiger partial charge in [-0.25, -0.2) is 13.1 Å². The minimum Gasteiger partial charge on any atom is -0.467 e. The Bertz CT molecular complexity index is 1420. The average molecular weight is 532 g/mol. The monoisotopic (exact) mass is 531 g/mol. The van der Waals surface area contributed by atoms with Crippen molar-refractivity contribution in [2.45, 2.75) is 57.5 Å². The van der Waals surface area contributed by atoms with Gasteiger partial charge in [0, 0.05) is 30.8 Å². The molecule has 3 heterocycles. The number of furan rings is 1. The molecular weight excluding hydrogens is 502 g/mol. The fourth-order valence-corrected chi connectivity index (χ4v) is 5.65. The maximum absolute atomic E-state index is 13.4. The molecule has 1 aliphatic heterocycles. The molecule has 12 nitrogen and oxygen atoms in total. The van der Waals surface area contributed by atoms with Crippen LogP contribution in [-0.4, -0.2) is 46.4 Å². The summed E-state index contributed by atoms with van der Waals surface area (Å²) in [6.45, 7) is 8.02. The maximum atomic E-state index is 13.4. The van der Waals surface area contributed by atoms with Crippen molar-refractivity contribution < 1.29 is 27.3 Å². The van der Waals surface area contributed by atoms with E-state index >= 15 is 0 Å². The van der Waals surface area contributed by atoms with Crippen LogP contribution in [0.5, 0.6) is 11.6 Å². The Labute approximate surface area is 214 Å². The molecule has 1 saturated heterocycles. The zero-order chi connectivity index (χ0) is 27.0. The molecule has 0 spiro atoms. The number of amides is 1. The first-order chi connectivity index (χ1) is 17.4. The summed E-state index contributed by atoms with van der Waals surface area (Å²) in [4.78, 5) is 23.4. The van der Waals surface area contributed by atoms with Crippen molar-refractivity contribution in [3.05, 3.63) is 63.7 Å². The second-order valence-corrected chi connectivity index (χ2v) is 11.6. The lowest BCUT2D eigenvalue weighted by molar-refractivity contribution is -0.385. The summed E-state index contributed by atoms with van der Waals surface area (Å²) in [5, 5.41) is 18.6. The summed E-state index contributed by atoms with van der Waals surface area (Å²) in [5.41, 5.74) is -0.532. The molecule has 0 saturated carbocycles. The van der Waals surface area contributed by atoms with Crippen LogP contribution in [0, 0.1) is 17.0 Å². The largest absolute Gasteiger partial charge is 0.467 e. The lowest BCUT2D eigenvalue weighted by atomic mass is 10.1. The van der Waals surface area contributed by atoms with Crippen molar-refractivity contribution in [2.24, 2.45) is 0 Å². The van der Waals surface area contributed by atoms with E-state index in [1.807, 2.05) is 20.8 Å². The quantitative estimate of drug-likeness (QED) is 0.339. The van der Waals surface area contributed by atoms with E-state index in [4.69, 9.17) is 9.15 Å². The third-order valence-corrected chi connectivity index (χ3v) is 7.87. The molecule has 0 aliphatic carbocycles. The Kier molecular flexibility index (Phi) is 7.11. The van der Waals surface area contributed by atoms with Crippen LogP contribution >= 0.6 is 0 Å². The number of sulfonamides is 1. The Balaban J connectivity index is 1.76. The number of non-ortho nitro benzene ring substituents is 1. The van der Waals surface area contributed by atoms with Gasteiger partial charge in [0.2, 0.25) is 15.9 Å². The van der Waals surface area contributed by atoms with Gasteiger partial charge in [-0.05, 0) is 58.7 Å². The number of nitro groups is 1. The van der Waals surface area contributed by atoms with Gasteiger partial charge in [-0.2, -0.15) is 9.40 Å². The van der Waals surface area contributed by atoms with Crippen LogP contribution in [0.25, 0.3) is 0 Å². The van der Waals surface area contributed by atoms with Crippen LogP contribution in [0.4, 0.5) is 5.69 Å². The molecular formula is C24H29N5O7S. The number of nitrogens with one attached hydrogen (secondary N) is 1. The van der Waals surface area contributed by atoms with Gasteiger partial charge in [0.25, 0.3) is 11.6 Å². The molecule has 0 bridgehead atoms. The number of hydrogen-bond acceptors (Lipinski definition) is 8. The second-order valence-electron chi connectivity index (χ2n) is 9.72. The number of ether oxygens (including phenoxy) is 1. The Morgan fingerprint density at radius 2 is 1.95 bits per heavy atom. The smallest absolute Gasteiger partial charge is 0.272 e. The van der Waals surface area contributed by atoms with Gasteiger partial charge in [0.1, 0.15) is 16.4 Å². The molecule has 0 radical (unpaired) electrons. The minimum atomic E-state index is -4.07. The molecule has 1 N–H and O–H groups in total. The van der Waals surface area contributed by atoms with E-state index in [9.17, 15) is 23.3 Å². The summed E-state index contributed by atoms with van der Waals surface area (Å²) in [6, 6.07) is 6.89. The summed E-state index contributed by atoms with van der Waals surface area (Å²) in [6.07, 6.45) is 2.92. The van der Waals surface area contributed by atoms with Crippen LogP contribution in [0.1, 0.15) is 55.4 Å². The third kappa shape index (κ3) is 5.37. The zero-order valence-corrected chi connectivity index (χ0v) is 21.9. The van der Waals surface area contributed by atoms with Gasteiger partial charge in [0.05, 0.1) is 23.3 Å². The van der Waals surface area contributed by atoms with Gasteiger partial charge in [-0.15, -0.1) is 0 Å². The summed E-state index contributed by atoms with van der Waals surface area (Å²) >= 11 is 0. The predicted octanol–water partition coefficient (Wildman–Crippen LogP) is 3.95. The molecule has 1 fully saturated rings. The van der Waals surface area contributed by atoms with Gasteiger partial charge < -0.3 is 14.5 Å². The summed E-state index contributed by atoms with van der Waals surface area (Å²) in [5.74, 6) is 0.173. The first-order valence-corrected chi connectivity index (χ1v) is 13.2. The normalized spacial score (nSPS) is 14.6. The number of nitro benzene ring substituents is 1. The number of nitrogens with zero attached hydrogens (tertiary/aromatic N) is 4. The van der Waals surface area contributed by atoms with Gasteiger partial charge in [-0.3, -0.25) is 14.9 Å². The van der Waals surface area contributed by atoms with E-state index in [1.165, 1.54) is 27.4 Å². The van der Waals surface area contributed by atoms with Crippen molar-refractivity contribution in [1.29, 1.82) is 0 Å². The van der Waals surface area contributed by atoms with Crippen LogP contribution in [0.3, 0.4) is 0 Å². The lowest BCUT2D eigenvalue weighted by Crippen LogP contribution is -2.28. The predicted molar refractivity (Wildman–Crippen MR) is 133 cm³/mol.